The van der Waals surface area contributed by atoms with Gasteiger partial charge in [0.2, 0.25) is 0 Å². The minimum Gasteiger partial charge on any atom is -0.494 e. The molecule has 6 heteroatoms. The van der Waals surface area contributed by atoms with E-state index in [1.807, 2.05) is 6.92 Å². The topological polar surface area (TPSA) is 87.7 Å². The van der Waals surface area contributed by atoms with Crippen LogP contribution < -0.4 is 15.4 Å². The number of carboxylic acids is 1. The molecule has 1 aromatic carbocycles. The van der Waals surface area contributed by atoms with Crippen LogP contribution in [0.3, 0.4) is 0 Å². The summed E-state index contributed by atoms with van der Waals surface area (Å²) in [4.78, 5) is 21.7. The average Bonchev–Trinajstić information content (AvgIpc) is 2.37. The highest BCUT2D eigenvalue weighted by Crippen LogP contribution is 2.15. The van der Waals surface area contributed by atoms with Crippen LogP contribution in [0.5, 0.6) is 5.75 Å². The highest BCUT2D eigenvalue weighted by Gasteiger charge is 2.03. The Bertz CT molecular complexity index is 417. The SMILES string of the molecule is CCCOc1ccc(NC(=O)NCCC(=O)O)cc1. The van der Waals surface area contributed by atoms with Crippen molar-refractivity contribution in [1.82, 2.24) is 5.32 Å². The first-order valence-corrected chi connectivity index (χ1v) is 6.11. The number of carboxylic acid groups (broad SMARTS) is 1. The molecule has 0 aliphatic heterocycles. The monoisotopic (exact) mass is 266 g/mol. The van der Waals surface area contributed by atoms with Crippen LogP contribution in [0, 0.1) is 0 Å². The highest BCUT2D eigenvalue weighted by molar-refractivity contribution is 5.89. The van der Waals surface area contributed by atoms with Gasteiger partial charge in [-0.25, -0.2) is 4.79 Å². The Morgan fingerprint density at radius 2 is 1.95 bits per heavy atom. The van der Waals surface area contributed by atoms with E-state index in [4.69, 9.17) is 9.84 Å². The Labute approximate surface area is 111 Å². The van der Waals surface area contributed by atoms with Crippen LogP contribution in [-0.4, -0.2) is 30.3 Å². The summed E-state index contributed by atoms with van der Waals surface area (Å²) in [5.41, 5.74) is 0.622. The van der Waals surface area contributed by atoms with Crippen molar-refractivity contribution in [3.05, 3.63) is 24.3 Å². The molecular formula is C13H18N2O4. The van der Waals surface area contributed by atoms with Gasteiger partial charge in [-0.1, -0.05) is 6.92 Å². The Morgan fingerprint density at radius 3 is 2.53 bits per heavy atom. The molecule has 0 atom stereocenters. The lowest BCUT2D eigenvalue weighted by molar-refractivity contribution is -0.136. The summed E-state index contributed by atoms with van der Waals surface area (Å²) in [6.07, 6.45) is 0.837. The van der Waals surface area contributed by atoms with Gasteiger partial charge in [-0.15, -0.1) is 0 Å². The molecule has 0 radical (unpaired) electrons. The van der Waals surface area contributed by atoms with Crippen molar-refractivity contribution in [2.45, 2.75) is 19.8 Å². The molecule has 0 saturated carbocycles. The molecule has 0 aromatic heterocycles. The molecule has 2 amide bonds. The van der Waals surface area contributed by atoms with Crippen molar-refractivity contribution in [1.29, 1.82) is 0 Å². The zero-order valence-corrected chi connectivity index (χ0v) is 10.8. The highest BCUT2D eigenvalue weighted by atomic mass is 16.5. The lowest BCUT2D eigenvalue weighted by atomic mass is 10.3. The maximum Gasteiger partial charge on any atom is 0.319 e. The predicted octanol–water partition coefficient (Wildman–Crippen LogP) is 2.07. The van der Waals surface area contributed by atoms with Crippen molar-refractivity contribution in [2.75, 3.05) is 18.5 Å². The zero-order valence-electron chi connectivity index (χ0n) is 10.8. The molecule has 0 saturated heterocycles. The second kappa shape index (κ2) is 7.97. The quantitative estimate of drug-likeness (QED) is 0.705. The largest absolute Gasteiger partial charge is 0.494 e. The van der Waals surface area contributed by atoms with Crippen LogP contribution in [0.4, 0.5) is 10.5 Å². The molecule has 0 bridgehead atoms. The normalized spacial score (nSPS) is 9.74. The molecule has 3 N–H and O–H groups in total. The third kappa shape index (κ3) is 6.30. The number of rotatable bonds is 7. The van der Waals surface area contributed by atoms with Crippen molar-refractivity contribution in [3.63, 3.8) is 0 Å². The number of urea groups is 1. The molecule has 1 aromatic rings. The van der Waals surface area contributed by atoms with E-state index in [0.717, 1.165) is 12.2 Å². The fourth-order valence-electron chi connectivity index (χ4n) is 1.31. The summed E-state index contributed by atoms with van der Waals surface area (Å²) in [5, 5.41) is 13.5. The zero-order chi connectivity index (χ0) is 14.1. The molecular weight excluding hydrogens is 248 g/mol. The average molecular weight is 266 g/mol. The van der Waals surface area contributed by atoms with Crippen molar-refractivity contribution >= 4 is 17.7 Å². The van der Waals surface area contributed by atoms with Crippen molar-refractivity contribution in [2.24, 2.45) is 0 Å². The lowest BCUT2D eigenvalue weighted by Crippen LogP contribution is -2.30. The van der Waals surface area contributed by atoms with E-state index >= 15 is 0 Å². The third-order valence-corrected chi connectivity index (χ3v) is 2.21. The lowest BCUT2D eigenvalue weighted by Gasteiger charge is -2.08. The van der Waals surface area contributed by atoms with E-state index in [1.54, 1.807) is 24.3 Å². The standard InChI is InChI=1S/C13H18N2O4/c1-2-9-19-11-5-3-10(4-6-11)15-13(18)14-8-7-12(16)17/h3-6H,2,7-9H2,1H3,(H,16,17)(H2,14,15,18). The summed E-state index contributed by atoms with van der Waals surface area (Å²) < 4.78 is 5.41. The first kappa shape index (κ1) is 14.8. The Kier molecular flexibility index (Phi) is 6.21. The first-order valence-electron chi connectivity index (χ1n) is 6.11. The van der Waals surface area contributed by atoms with Gasteiger partial charge in [0.25, 0.3) is 0 Å². The Hall–Kier alpha value is -2.24. The fourth-order valence-corrected chi connectivity index (χ4v) is 1.31. The van der Waals surface area contributed by atoms with Gasteiger partial charge in [0.1, 0.15) is 5.75 Å². The molecule has 0 unspecified atom stereocenters. The number of hydrogen-bond donors (Lipinski definition) is 3. The van der Waals surface area contributed by atoms with Gasteiger partial charge in [-0.05, 0) is 30.7 Å². The Morgan fingerprint density at radius 1 is 1.26 bits per heavy atom. The number of anilines is 1. The molecule has 0 spiro atoms. The number of carbonyl (C=O) groups is 2. The molecule has 19 heavy (non-hydrogen) atoms. The number of carbonyl (C=O) groups excluding carboxylic acids is 1. The van der Waals surface area contributed by atoms with E-state index < -0.39 is 12.0 Å². The van der Waals surface area contributed by atoms with E-state index in [9.17, 15) is 9.59 Å². The first-order chi connectivity index (χ1) is 9.11. The molecule has 1 rings (SSSR count). The number of amides is 2. The molecule has 104 valence electrons. The summed E-state index contributed by atoms with van der Waals surface area (Å²) in [6.45, 7) is 2.78. The second-order valence-electron chi connectivity index (χ2n) is 3.90. The van der Waals surface area contributed by atoms with Gasteiger partial charge in [-0.3, -0.25) is 4.79 Å². The van der Waals surface area contributed by atoms with Crippen molar-refractivity contribution in [3.8, 4) is 5.75 Å². The number of ether oxygens (including phenoxy) is 1. The third-order valence-electron chi connectivity index (χ3n) is 2.21. The fraction of sp³-hybridized carbons (Fsp3) is 0.385. The molecule has 0 aliphatic carbocycles. The minimum absolute atomic E-state index is 0.0961. The van der Waals surface area contributed by atoms with Crippen LogP contribution in [-0.2, 0) is 4.79 Å². The molecule has 6 nitrogen and oxygen atoms in total. The van der Waals surface area contributed by atoms with Gasteiger partial charge in [0.15, 0.2) is 0 Å². The molecule has 0 heterocycles. The summed E-state index contributed by atoms with van der Waals surface area (Å²) in [5.74, 6) is -0.198. The summed E-state index contributed by atoms with van der Waals surface area (Å²) in [6, 6.07) is 6.55. The van der Waals surface area contributed by atoms with Gasteiger partial charge < -0.3 is 20.5 Å². The number of hydrogen-bond acceptors (Lipinski definition) is 3. The smallest absolute Gasteiger partial charge is 0.319 e. The van der Waals surface area contributed by atoms with Crippen LogP contribution in [0.15, 0.2) is 24.3 Å². The van der Waals surface area contributed by atoms with E-state index in [0.29, 0.717) is 12.3 Å². The summed E-state index contributed by atoms with van der Waals surface area (Å²) in [7, 11) is 0. The van der Waals surface area contributed by atoms with Crippen LogP contribution >= 0.6 is 0 Å². The number of aliphatic carboxylic acids is 1. The van der Waals surface area contributed by atoms with Crippen molar-refractivity contribution < 1.29 is 19.4 Å². The van der Waals surface area contributed by atoms with Crippen LogP contribution in [0.2, 0.25) is 0 Å². The molecule has 0 fully saturated rings. The second-order valence-corrected chi connectivity index (χ2v) is 3.90. The van der Waals surface area contributed by atoms with Crippen LogP contribution in [0.1, 0.15) is 19.8 Å². The maximum atomic E-state index is 11.4. The van der Waals surface area contributed by atoms with E-state index in [-0.39, 0.29) is 13.0 Å². The van der Waals surface area contributed by atoms with Gasteiger partial charge >= 0.3 is 12.0 Å². The number of nitrogens with one attached hydrogen (secondary N) is 2. The van der Waals surface area contributed by atoms with Gasteiger partial charge in [-0.2, -0.15) is 0 Å². The Balaban J connectivity index is 2.35. The van der Waals surface area contributed by atoms with E-state index in [1.165, 1.54) is 0 Å². The number of benzene rings is 1. The van der Waals surface area contributed by atoms with Gasteiger partial charge in [0.05, 0.1) is 13.0 Å². The maximum absolute atomic E-state index is 11.4. The van der Waals surface area contributed by atoms with E-state index in [2.05, 4.69) is 10.6 Å². The van der Waals surface area contributed by atoms with Gasteiger partial charge in [0, 0.05) is 12.2 Å². The predicted molar refractivity (Wildman–Crippen MR) is 71.5 cm³/mol. The van der Waals surface area contributed by atoms with Crippen LogP contribution in [0.25, 0.3) is 0 Å². The molecule has 0 aliphatic rings. The minimum atomic E-state index is -0.947. The summed E-state index contributed by atoms with van der Waals surface area (Å²) >= 11 is 0.